The number of hydrogen-bond acceptors (Lipinski definition) is 5. The van der Waals surface area contributed by atoms with Crippen LogP contribution in [0.15, 0.2) is 24.5 Å². The molecule has 2 aromatic heterocycles. The number of aromatic nitrogens is 3. The van der Waals surface area contributed by atoms with E-state index in [1.807, 2.05) is 36.0 Å². The Kier molecular flexibility index (Phi) is 5.21. The number of amides is 1. The maximum absolute atomic E-state index is 12.8. The summed E-state index contributed by atoms with van der Waals surface area (Å²) in [6, 6.07) is 3.78. The normalized spacial score (nSPS) is 16.9. The minimum absolute atomic E-state index is 0.0200. The standard InChI is InChI=1S/C18H25N5O2/c1-4-6-15-14(11-20-21-15)18(24)23-10-8-13(12-23)25-16-7-5-9-19-17(16)22(2)3/h5,7,9,11,13H,4,6,8,10,12H2,1-3H3,(H,20,21)/t13-/m1/s1. The maximum Gasteiger partial charge on any atom is 0.257 e. The highest BCUT2D eigenvalue weighted by Crippen LogP contribution is 2.27. The van der Waals surface area contributed by atoms with Crippen LogP contribution in [-0.2, 0) is 6.42 Å². The zero-order chi connectivity index (χ0) is 17.8. The largest absolute Gasteiger partial charge is 0.485 e. The first kappa shape index (κ1) is 17.3. The Morgan fingerprint density at radius 3 is 3.08 bits per heavy atom. The van der Waals surface area contributed by atoms with Gasteiger partial charge in [0.2, 0.25) is 0 Å². The van der Waals surface area contributed by atoms with Crippen LogP contribution in [-0.4, -0.2) is 59.3 Å². The quantitative estimate of drug-likeness (QED) is 0.869. The van der Waals surface area contributed by atoms with Crippen molar-refractivity contribution in [1.82, 2.24) is 20.1 Å². The van der Waals surface area contributed by atoms with Crippen molar-refractivity contribution in [1.29, 1.82) is 0 Å². The summed E-state index contributed by atoms with van der Waals surface area (Å²) in [5.41, 5.74) is 1.59. The molecule has 1 fully saturated rings. The maximum atomic E-state index is 12.8. The van der Waals surface area contributed by atoms with Crippen LogP contribution in [0.1, 0.15) is 35.8 Å². The van der Waals surface area contributed by atoms with Gasteiger partial charge in [-0.15, -0.1) is 0 Å². The van der Waals surface area contributed by atoms with Gasteiger partial charge in [0.1, 0.15) is 6.10 Å². The number of pyridine rings is 1. The van der Waals surface area contributed by atoms with Gasteiger partial charge in [-0.3, -0.25) is 9.89 Å². The Bertz CT molecular complexity index is 728. The summed E-state index contributed by atoms with van der Waals surface area (Å²) < 4.78 is 6.12. The van der Waals surface area contributed by atoms with E-state index >= 15 is 0 Å². The Morgan fingerprint density at radius 1 is 1.48 bits per heavy atom. The molecule has 1 atom stereocenters. The van der Waals surface area contributed by atoms with E-state index in [1.165, 1.54) is 0 Å². The van der Waals surface area contributed by atoms with Crippen molar-refractivity contribution < 1.29 is 9.53 Å². The molecule has 0 radical (unpaired) electrons. The third kappa shape index (κ3) is 3.75. The van der Waals surface area contributed by atoms with Gasteiger partial charge < -0.3 is 14.5 Å². The molecule has 0 saturated carbocycles. The smallest absolute Gasteiger partial charge is 0.257 e. The molecular formula is C18H25N5O2. The van der Waals surface area contributed by atoms with Gasteiger partial charge in [0.15, 0.2) is 11.6 Å². The lowest BCUT2D eigenvalue weighted by molar-refractivity contribution is 0.0771. The lowest BCUT2D eigenvalue weighted by atomic mass is 10.1. The van der Waals surface area contributed by atoms with Crippen molar-refractivity contribution in [3.63, 3.8) is 0 Å². The predicted octanol–water partition coefficient (Wildman–Crippen LogP) is 2.12. The fourth-order valence-corrected chi connectivity index (χ4v) is 3.11. The molecule has 0 bridgehead atoms. The molecule has 7 heteroatoms. The summed E-state index contributed by atoms with van der Waals surface area (Å²) >= 11 is 0. The molecule has 3 heterocycles. The molecule has 134 valence electrons. The highest BCUT2D eigenvalue weighted by Gasteiger charge is 2.30. The van der Waals surface area contributed by atoms with Crippen LogP contribution < -0.4 is 9.64 Å². The zero-order valence-corrected chi connectivity index (χ0v) is 15.0. The Labute approximate surface area is 148 Å². The van der Waals surface area contributed by atoms with E-state index in [9.17, 15) is 4.79 Å². The van der Waals surface area contributed by atoms with Crippen LogP contribution in [0.5, 0.6) is 5.75 Å². The SMILES string of the molecule is CCCc1[nH]ncc1C(=O)N1CC[C@@H](Oc2cccnc2N(C)C)C1. The number of carbonyl (C=O) groups is 1. The molecular weight excluding hydrogens is 318 g/mol. The third-order valence-corrected chi connectivity index (χ3v) is 4.35. The van der Waals surface area contributed by atoms with Crippen LogP contribution in [0, 0.1) is 0 Å². The number of ether oxygens (including phenoxy) is 1. The van der Waals surface area contributed by atoms with Gasteiger partial charge in [-0.2, -0.15) is 5.10 Å². The van der Waals surface area contributed by atoms with Crippen molar-refractivity contribution in [2.45, 2.75) is 32.3 Å². The van der Waals surface area contributed by atoms with Crippen molar-refractivity contribution in [3.8, 4) is 5.75 Å². The number of anilines is 1. The van der Waals surface area contributed by atoms with E-state index in [4.69, 9.17) is 4.74 Å². The van der Waals surface area contributed by atoms with Crippen molar-refractivity contribution >= 4 is 11.7 Å². The van der Waals surface area contributed by atoms with Gasteiger partial charge in [-0.1, -0.05) is 13.3 Å². The molecule has 1 aliphatic heterocycles. The fraction of sp³-hybridized carbons (Fsp3) is 0.500. The first-order valence-corrected chi connectivity index (χ1v) is 8.70. The van der Waals surface area contributed by atoms with E-state index < -0.39 is 0 Å². The van der Waals surface area contributed by atoms with Crippen molar-refractivity contribution in [2.24, 2.45) is 0 Å². The summed E-state index contributed by atoms with van der Waals surface area (Å²) in [6.45, 7) is 3.36. The summed E-state index contributed by atoms with van der Waals surface area (Å²) in [4.78, 5) is 20.9. The lowest BCUT2D eigenvalue weighted by Crippen LogP contribution is -2.31. The molecule has 25 heavy (non-hydrogen) atoms. The number of rotatable bonds is 6. The molecule has 0 spiro atoms. The Hall–Kier alpha value is -2.57. The highest BCUT2D eigenvalue weighted by atomic mass is 16.5. The Morgan fingerprint density at radius 2 is 2.32 bits per heavy atom. The lowest BCUT2D eigenvalue weighted by Gasteiger charge is -2.20. The van der Waals surface area contributed by atoms with E-state index in [2.05, 4.69) is 22.1 Å². The van der Waals surface area contributed by atoms with Crippen LogP contribution in [0.3, 0.4) is 0 Å². The van der Waals surface area contributed by atoms with Crippen molar-refractivity contribution in [2.75, 3.05) is 32.1 Å². The number of nitrogens with one attached hydrogen (secondary N) is 1. The van der Waals surface area contributed by atoms with Crippen LogP contribution in [0.25, 0.3) is 0 Å². The average Bonchev–Trinajstić information content (AvgIpc) is 3.24. The minimum Gasteiger partial charge on any atom is -0.485 e. The van der Waals surface area contributed by atoms with Gasteiger partial charge in [0.05, 0.1) is 18.3 Å². The average molecular weight is 343 g/mol. The zero-order valence-electron chi connectivity index (χ0n) is 15.0. The number of carbonyl (C=O) groups excluding carboxylic acids is 1. The fourth-order valence-electron chi connectivity index (χ4n) is 3.11. The van der Waals surface area contributed by atoms with Gasteiger partial charge in [0.25, 0.3) is 5.91 Å². The molecule has 0 unspecified atom stereocenters. The second-order valence-electron chi connectivity index (χ2n) is 6.51. The summed E-state index contributed by atoms with van der Waals surface area (Å²) in [5.74, 6) is 1.58. The number of nitrogens with zero attached hydrogens (tertiary/aromatic N) is 4. The predicted molar refractivity (Wildman–Crippen MR) is 96.1 cm³/mol. The van der Waals surface area contributed by atoms with Crippen LogP contribution in [0.4, 0.5) is 5.82 Å². The molecule has 3 rings (SSSR count). The summed E-state index contributed by atoms with van der Waals surface area (Å²) in [6.07, 6.45) is 5.98. The first-order valence-electron chi connectivity index (χ1n) is 8.70. The first-order chi connectivity index (χ1) is 12.1. The van der Waals surface area contributed by atoms with E-state index in [0.29, 0.717) is 18.7 Å². The molecule has 7 nitrogen and oxygen atoms in total. The van der Waals surface area contributed by atoms with Gasteiger partial charge in [-0.05, 0) is 18.6 Å². The van der Waals surface area contributed by atoms with Gasteiger partial charge in [0, 0.05) is 39.0 Å². The molecule has 0 aromatic carbocycles. The van der Waals surface area contributed by atoms with E-state index in [1.54, 1.807) is 12.4 Å². The molecule has 1 saturated heterocycles. The van der Waals surface area contributed by atoms with Gasteiger partial charge >= 0.3 is 0 Å². The number of H-pyrrole nitrogens is 1. The van der Waals surface area contributed by atoms with Crippen LogP contribution in [0.2, 0.25) is 0 Å². The van der Waals surface area contributed by atoms with E-state index in [-0.39, 0.29) is 12.0 Å². The molecule has 1 aliphatic rings. The summed E-state index contributed by atoms with van der Waals surface area (Å²) in [7, 11) is 3.88. The topological polar surface area (TPSA) is 74.3 Å². The number of aryl methyl sites for hydroxylation is 1. The monoisotopic (exact) mass is 343 g/mol. The third-order valence-electron chi connectivity index (χ3n) is 4.35. The van der Waals surface area contributed by atoms with Crippen LogP contribution >= 0.6 is 0 Å². The number of hydrogen-bond donors (Lipinski definition) is 1. The number of likely N-dealkylation sites (tertiary alicyclic amines) is 1. The molecule has 1 amide bonds. The second-order valence-corrected chi connectivity index (χ2v) is 6.51. The highest BCUT2D eigenvalue weighted by molar-refractivity contribution is 5.95. The Balaban J connectivity index is 1.66. The summed E-state index contributed by atoms with van der Waals surface area (Å²) in [5, 5.41) is 6.97. The second kappa shape index (κ2) is 7.55. The molecule has 2 aromatic rings. The minimum atomic E-state index is -0.0200. The number of aromatic amines is 1. The molecule has 0 aliphatic carbocycles. The van der Waals surface area contributed by atoms with Crippen molar-refractivity contribution in [3.05, 3.63) is 35.8 Å². The van der Waals surface area contributed by atoms with E-state index in [0.717, 1.165) is 36.5 Å². The van der Waals surface area contributed by atoms with Gasteiger partial charge in [-0.25, -0.2) is 4.98 Å². The molecule has 1 N–H and O–H groups in total.